The Kier molecular flexibility index (Phi) is 4.15. The Bertz CT molecular complexity index is 1010. The lowest BCUT2D eigenvalue weighted by atomic mass is 10.2. The molecule has 8 nitrogen and oxygen atoms in total. The number of hydrogen-bond donors (Lipinski definition) is 2. The standard InChI is InChI=1S/C16H21N5O3/c1-9(2)24-6-4-5-21-13-8-12-10(7-11(13)19-16(21)17)18-14(22)15(23)20(12)3/h7-9H,4-6H2,1-3H3,(H2,17,19)(H,18,22). The fourth-order valence-corrected chi connectivity index (χ4v) is 2.77. The van der Waals surface area contributed by atoms with Gasteiger partial charge in [0.1, 0.15) is 0 Å². The fraction of sp³-hybridized carbons (Fsp3) is 0.438. The van der Waals surface area contributed by atoms with E-state index in [1.165, 1.54) is 4.57 Å². The quantitative estimate of drug-likeness (QED) is 0.535. The molecule has 128 valence electrons. The van der Waals surface area contributed by atoms with E-state index in [1.54, 1.807) is 13.1 Å². The average Bonchev–Trinajstić information content (AvgIpc) is 2.82. The maximum Gasteiger partial charge on any atom is 0.316 e. The van der Waals surface area contributed by atoms with Crippen molar-refractivity contribution < 1.29 is 4.74 Å². The van der Waals surface area contributed by atoms with E-state index in [1.807, 2.05) is 24.5 Å². The largest absolute Gasteiger partial charge is 0.379 e. The Morgan fingerprint density at radius 2 is 2.04 bits per heavy atom. The summed E-state index contributed by atoms with van der Waals surface area (Å²) in [7, 11) is 1.58. The number of nitrogens with one attached hydrogen (secondary N) is 1. The molecule has 3 rings (SSSR count). The summed E-state index contributed by atoms with van der Waals surface area (Å²) in [4.78, 5) is 30.4. The summed E-state index contributed by atoms with van der Waals surface area (Å²) >= 11 is 0. The maximum absolute atomic E-state index is 11.8. The van der Waals surface area contributed by atoms with Crippen molar-refractivity contribution in [1.82, 2.24) is 19.1 Å². The van der Waals surface area contributed by atoms with Gasteiger partial charge in [-0.05, 0) is 32.4 Å². The topological polar surface area (TPSA) is 108 Å². The molecule has 0 atom stereocenters. The molecule has 0 amide bonds. The van der Waals surface area contributed by atoms with Gasteiger partial charge in [-0.25, -0.2) is 4.98 Å². The second-order valence-electron chi connectivity index (χ2n) is 6.07. The van der Waals surface area contributed by atoms with Crippen molar-refractivity contribution in [2.45, 2.75) is 32.9 Å². The Morgan fingerprint density at radius 1 is 1.29 bits per heavy atom. The van der Waals surface area contributed by atoms with Crippen LogP contribution in [0.4, 0.5) is 5.95 Å². The van der Waals surface area contributed by atoms with Gasteiger partial charge in [0.25, 0.3) is 0 Å². The highest BCUT2D eigenvalue weighted by Gasteiger charge is 2.12. The summed E-state index contributed by atoms with van der Waals surface area (Å²) < 4.78 is 8.78. The molecular formula is C16H21N5O3. The van der Waals surface area contributed by atoms with Crippen molar-refractivity contribution in [2.75, 3.05) is 12.3 Å². The zero-order valence-corrected chi connectivity index (χ0v) is 14.0. The SMILES string of the molecule is CC(C)OCCCn1c(N)nc2cc3[nH]c(=O)c(=O)n(C)c3cc21. The number of nitrogens with zero attached hydrogens (tertiary/aromatic N) is 3. The molecule has 0 aliphatic rings. The molecule has 0 saturated heterocycles. The highest BCUT2D eigenvalue weighted by molar-refractivity contribution is 5.92. The Labute approximate surface area is 137 Å². The summed E-state index contributed by atoms with van der Waals surface area (Å²) in [5, 5.41) is 0. The molecule has 2 aromatic heterocycles. The van der Waals surface area contributed by atoms with Gasteiger partial charge in [-0.3, -0.25) is 9.59 Å². The molecule has 0 spiro atoms. The predicted octanol–water partition coefficient (Wildman–Crippen LogP) is 0.974. The summed E-state index contributed by atoms with van der Waals surface area (Å²) in [5.74, 6) is 0.400. The molecule has 0 fully saturated rings. The number of aromatic amines is 1. The summed E-state index contributed by atoms with van der Waals surface area (Å²) in [6.07, 6.45) is 0.994. The predicted molar refractivity (Wildman–Crippen MR) is 93.2 cm³/mol. The number of nitrogen functional groups attached to an aromatic ring is 1. The average molecular weight is 331 g/mol. The van der Waals surface area contributed by atoms with Gasteiger partial charge in [-0.15, -0.1) is 0 Å². The molecule has 0 aliphatic heterocycles. The number of aromatic nitrogens is 4. The molecule has 2 heterocycles. The molecule has 3 N–H and O–H groups in total. The number of anilines is 1. The monoisotopic (exact) mass is 331 g/mol. The van der Waals surface area contributed by atoms with E-state index < -0.39 is 11.1 Å². The number of imidazole rings is 1. The van der Waals surface area contributed by atoms with Crippen LogP contribution in [0.25, 0.3) is 22.1 Å². The number of rotatable bonds is 5. The Hall–Kier alpha value is -2.61. The molecular weight excluding hydrogens is 310 g/mol. The highest BCUT2D eigenvalue weighted by atomic mass is 16.5. The van der Waals surface area contributed by atoms with E-state index in [0.717, 1.165) is 11.9 Å². The first kappa shape index (κ1) is 16.3. The number of aryl methyl sites for hydroxylation is 2. The van der Waals surface area contributed by atoms with Gasteiger partial charge < -0.3 is 24.6 Å². The molecule has 0 bridgehead atoms. The summed E-state index contributed by atoms with van der Waals surface area (Å²) in [5.41, 5.74) is 7.48. The first-order chi connectivity index (χ1) is 11.4. The molecule has 24 heavy (non-hydrogen) atoms. The normalized spacial score (nSPS) is 11.8. The van der Waals surface area contributed by atoms with Crippen LogP contribution >= 0.6 is 0 Å². The number of H-pyrrole nitrogens is 1. The molecule has 1 aromatic carbocycles. The molecule has 3 aromatic rings. The van der Waals surface area contributed by atoms with E-state index in [4.69, 9.17) is 10.5 Å². The minimum atomic E-state index is -0.650. The van der Waals surface area contributed by atoms with Gasteiger partial charge in [0.05, 0.1) is 28.2 Å². The van der Waals surface area contributed by atoms with Gasteiger partial charge in [-0.2, -0.15) is 0 Å². The summed E-state index contributed by atoms with van der Waals surface area (Å²) in [6.45, 7) is 5.29. The van der Waals surface area contributed by atoms with Crippen molar-refractivity contribution in [2.24, 2.45) is 7.05 Å². The van der Waals surface area contributed by atoms with Crippen LogP contribution in [0.1, 0.15) is 20.3 Å². The molecule has 0 radical (unpaired) electrons. The van der Waals surface area contributed by atoms with Crippen LogP contribution in [0, 0.1) is 0 Å². The van der Waals surface area contributed by atoms with Gasteiger partial charge >= 0.3 is 11.1 Å². The van der Waals surface area contributed by atoms with Crippen LogP contribution in [0.2, 0.25) is 0 Å². The zero-order chi connectivity index (χ0) is 17.4. The van der Waals surface area contributed by atoms with Gasteiger partial charge in [0, 0.05) is 20.2 Å². The molecule has 0 aliphatic carbocycles. The van der Waals surface area contributed by atoms with Crippen molar-refractivity contribution in [1.29, 1.82) is 0 Å². The van der Waals surface area contributed by atoms with E-state index in [0.29, 0.717) is 35.7 Å². The van der Waals surface area contributed by atoms with Crippen molar-refractivity contribution >= 4 is 28.0 Å². The number of nitrogens with two attached hydrogens (primary N) is 1. The third-order valence-electron chi connectivity index (χ3n) is 3.98. The second kappa shape index (κ2) is 6.12. The third-order valence-corrected chi connectivity index (χ3v) is 3.98. The third kappa shape index (κ3) is 2.80. The molecule has 0 unspecified atom stereocenters. The van der Waals surface area contributed by atoms with Crippen LogP contribution in [0.15, 0.2) is 21.7 Å². The first-order valence-corrected chi connectivity index (χ1v) is 7.89. The minimum absolute atomic E-state index is 0.192. The van der Waals surface area contributed by atoms with E-state index in [-0.39, 0.29) is 6.10 Å². The Morgan fingerprint density at radius 3 is 2.75 bits per heavy atom. The maximum atomic E-state index is 11.8. The summed E-state index contributed by atoms with van der Waals surface area (Å²) in [6, 6.07) is 3.57. The minimum Gasteiger partial charge on any atom is -0.379 e. The number of hydrogen-bond acceptors (Lipinski definition) is 5. The zero-order valence-electron chi connectivity index (χ0n) is 14.0. The molecule has 0 saturated carbocycles. The number of ether oxygens (including phenoxy) is 1. The van der Waals surface area contributed by atoms with Crippen LogP contribution in [-0.4, -0.2) is 31.8 Å². The van der Waals surface area contributed by atoms with E-state index >= 15 is 0 Å². The van der Waals surface area contributed by atoms with E-state index in [2.05, 4.69) is 9.97 Å². The first-order valence-electron chi connectivity index (χ1n) is 7.89. The van der Waals surface area contributed by atoms with Gasteiger partial charge in [-0.1, -0.05) is 0 Å². The van der Waals surface area contributed by atoms with Crippen molar-refractivity contribution in [3.05, 3.63) is 32.8 Å². The van der Waals surface area contributed by atoms with Crippen molar-refractivity contribution in [3.63, 3.8) is 0 Å². The van der Waals surface area contributed by atoms with Crippen molar-refractivity contribution in [3.8, 4) is 0 Å². The lowest BCUT2D eigenvalue weighted by molar-refractivity contribution is 0.0751. The fourth-order valence-electron chi connectivity index (χ4n) is 2.77. The Balaban J connectivity index is 2.06. The lowest BCUT2D eigenvalue weighted by Crippen LogP contribution is -2.34. The smallest absolute Gasteiger partial charge is 0.316 e. The van der Waals surface area contributed by atoms with Crippen LogP contribution < -0.4 is 16.9 Å². The van der Waals surface area contributed by atoms with Crippen LogP contribution in [0.3, 0.4) is 0 Å². The molecule has 8 heteroatoms. The van der Waals surface area contributed by atoms with Crippen LogP contribution in [-0.2, 0) is 18.3 Å². The van der Waals surface area contributed by atoms with Gasteiger partial charge in [0.15, 0.2) is 0 Å². The van der Waals surface area contributed by atoms with Crippen LogP contribution in [0.5, 0.6) is 0 Å². The number of benzene rings is 1. The lowest BCUT2D eigenvalue weighted by Gasteiger charge is -2.10. The highest BCUT2D eigenvalue weighted by Crippen LogP contribution is 2.22. The van der Waals surface area contributed by atoms with E-state index in [9.17, 15) is 9.59 Å². The number of fused-ring (bicyclic) bond motifs is 2. The van der Waals surface area contributed by atoms with Gasteiger partial charge in [0.2, 0.25) is 5.95 Å². The second-order valence-corrected chi connectivity index (χ2v) is 6.07.